The number of ether oxygens (including phenoxy) is 3. The minimum atomic E-state index is -0.913. The Morgan fingerprint density at radius 1 is 1.05 bits per heavy atom. The zero-order valence-corrected chi connectivity index (χ0v) is 21.7. The van der Waals surface area contributed by atoms with Crippen LogP contribution < -0.4 is 14.2 Å². The smallest absolute Gasteiger partial charge is 0.309 e. The molecule has 1 fully saturated rings. The highest BCUT2D eigenvalue weighted by molar-refractivity contribution is 5.78. The van der Waals surface area contributed by atoms with E-state index >= 15 is 0 Å². The van der Waals surface area contributed by atoms with Crippen molar-refractivity contribution in [3.63, 3.8) is 0 Å². The van der Waals surface area contributed by atoms with Crippen molar-refractivity contribution in [3.8, 4) is 17.2 Å². The SMILES string of the molecule is CCCCN(OCCC)C(=O)CN1C[C@H](c2ccc3c(c2)OCO3)[C@H](C(=O)O)[C@H]1c1ccc(OC)cc1. The van der Waals surface area contributed by atoms with Gasteiger partial charge in [-0.1, -0.05) is 38.5 Å². The van der Waals surface area contributed by atoms with Gasteiger partial charge in [0.2, 0.25) is 6.79 Å². The number of amides is 1. The first-order chi connectivity index (χ1) is 18.0. The van der Waals surface area contributed by atoms with Gasteiger partial charge < -0.3 is 19.3 Å². The molecule has 3 atom stereocenters. The zero-order chi connectivity index (χ0) is 26.4. The van der Waals surface area contributed by atoms with Gasteiger partial charge in [-0.3, -0.25) is 19.3 Å². The zero-order valence-electron chi connectivity index (χ0n) is 21.7. The van der Waals surface area contributed by atoms with Crippen LogP contribution in [0.5, 0.6) is 17.2 Å². The molecule has 0 aromatic heterocycles. The van der Waals surface area contributed by atoms with Gasteiger partial charge in [0.15, 0.2) is 11.5 Å². The van der Waals surface area contributed by atoms with Crippen LogP contribution in [0.15, 0.2) is 42.5 Å². The number of hydrogen-bond donors (Lipinski definition) is 1. The predicted octanol–water partition coefficient (Wildman–Crippen LogP) is 4.24. The second-order valence-corrected chi connectivity index (χ2v) is 9.41. The van der Waals surface area contributed by atoms with E-state index in [9.17, 15) is 14.7 Å². The van der Waals surface area contributed by atoms with Gasteiger partial charge >= 0.3 is 5.97 Å². The van der Waals surface area contributed by atoms with E-state index in [1.807, 2.05) is 54.3 Å². The number of fused-ring (bicyclic) bond motifs is 1. The van der Waals surface area contributed by atoms with E-state index in [0.717, 1.165) is 30.4 Å². The number of nitrogens with zero attached hydrogens (tertiary/aromatic N) is 2. The number of carbonyl (C=O) groups is 2. The number of carbonyl (C=O) groups excluding carboxylic acids is 1. The van der Waals surface area contributed by atoms with Crippen LogP contribution in [0, 0.1) is 5.92 Å². The summed E-state index contributed by atoms with van der Waals surface area (Å²) in [5, 5.41) is 11.9. The van der Waals surface area contributed by atoms with Crippen molar-refractivity contribution >= 4 is 11.9 Å². The average molecular weight is 513 g/mol. The summed E-state index contributed by atoms with van der Waals surface area (Å²) >= 11 is 0. The highest BCUT2D eigenvalue weighted by atomic mass is 16.7. The molecule has 0 aliphatic carbocycles. The molecule has 9 heteroatoms. The minimum Gasteiger partial charge on any atom is -0.497 e. The van der Waals surface area contributed by atoms with Gasteiger partial charge in [-0.05, 0) is 48.2 Å². The van der Waals surface area contributed by atoms with Gasteiger partial charge in [-0.2, -0.15) is 0 Å². The molecule has 2 aromatic rings. The second kappa shape index (κ2) is 12.3. The number of methoxy groups -OCH3 is 1. The van der Waals surface area contributed by atoms with E-state index in [1.165, 1.54) is 5.06 Å². The number of rotatable bonds is 12. The molecule has 0 saturated carbocycles. The molecular formula is C28H36N2O7. The van der Waals surface area contributed by atoms with Crippen molar-refractivity contribution in [2.24, 2.45) is 5.92 Å². The molecule has 0 unspecified atom stereocenters. The summed E-state index contributed by atoms with van der Waals surface area (Å²) in [4.78, 5) is 33.9. The lowest BCUT2D eigenvalue weighted by Crippen LogP contribution is -2.41. The topological polar surface area (TPSA) is 97.8 Å². The molecule has 2 aliphatic rings. The molecule has 200 valence electrons. The lowest BCUT2D eigenvalue weighted by Gasteiger charge is -2.29. The van der Waals surface area contributed by atoms with Crippen LogP contribution in [0.1, 0.15) is 56.2 Å². The molecule has 37 heavy (non-hydrogen) atoms. The summed E-state index contributed by atoms with van der Waals surface area (Å²) in [6.45, 7) is 5.61. The fourth-order valence-electron chi connectivity index (χ4n) is 5.09. The van der Waals surface area contributed by atoms with Crippen LogP contribution in [0.2, 0.25) is 0 Å². The summed E-state index contributed by atoms with van der Waals surface area (Å²) < 4.78 is 16.3. The van der Waals surface area contributed by atoms with Gasteiger partial charge in [-0.25, -0.2) is 5.06 Å². The van der Waals surface area contributed by atoms with Crippen LogP contribution in [0.25, 0.3) is 0 Å². The second-order valence-electron chi connectivity index (χ2n) is 9.41. The number of unbranched alkanes of at least 4 members (excludes halogenated alkanes) is 1. The van der Waals surface area contributed by atoms with Crippen molar-refractivity contribution in [1.82, 2.24) is 9.96 Å². The molecule has 1 N–H and O–H groups in total. The molecule has 4 rings (SSSR count). The van der Waals surface area contributed by atoms with E-state index in [0.29, 0.717) is 36.9 Å². The Labute approximate surface area is 217 Å². The first kappa shape index (κ1) is 26.8. The standard InChI is InChI=1S/C28H36N2O7/c1-4-6-13-30(37-14-5-2)25(31)17-29-16-22(20-9-12-23-24(15-20)36-18-35-23)26(28(32)33)27(29)19-7-10-21(34-3)11-8-19/h7-12,15,22,26-27H,4-6,13-14,16-18H2,1-3H3,(H,32,33)/t22-,26+,27-/m1/s1. The van der Waals surface area contributed by atoms with Crippen molar-refractivity contribution < 1.29 is 33.7 Å². The Bertz CT molecular complexity index is 1070. The summed E-state index contributed by atoms with van der Waals surface area (Å²) in [6.07, 6.45) is 2.56. The molecule has 2 heterocycles. The van der Waals surface area contributed by atoms with Gasteiger partial charge in [0.1, 0.15) is 5.75 Å². The van der Waals surface area contributed by atoms with E-state index in [-0.39, 0.29) is 25.2 Å². The minimum absolute atomic E-state index is 0.0506. The van der Waals surface area contributed by atoms with Crippen LogP contribution in [0.3, 0.4) is 0 Å². The Morgan fingerprint density at radius 2 is 1.78 bits per heavy atom. The Hall–Kier alpha value is -3.30. The summed E-state index contributed by atoms with van der Waals surface area (Å²) in [5.74, 6) is -0.278. The Balaban J connectivity index is 1.67. The van der Waals surface area contributed by atoms with E-state index in [1.54, 1.807) is 7.11 Å². The molecular weight excluding hydrogens is 476 g/mol. The number of likely N-dealkylation sites (tertiary alicyclic amines) is 1. The highest BCUT2D eigenvalue weighted by Gasteiger charge is 2.48. The third-order valence-corrected chi connectivity index (χ3v) is 6.95. The maximum Gasteiger partial charge on any atom is 0.309 e. The molecule has 9 nitrogen and oxygen atoms in total. The Morgan fingerprint density at radius 3 is 2.46 bits per heavy atom. The third-order valence-electron chi connectivity index (χ3n) is 6.95. The molecule has 1 amide bonds. The van der Waals surface area contributed by atoms with E-state index < -0.39 is 17.9 Å². The van der Waals surface area contributed by atoms with Crippen molar-refractivity contribution in [1.29, 1.82) is 0 Å². The first-order valence-electron chi connectivity index (χ1n) is 12.9. The van der Waals surface area contributed by atoms with Crippen LogP contribution in [-0.2, 0) is 14.4 Å². The quantitative estimate of drug-likeness (QED) is 0.422. The lowest BCUT2D eigenvalue weighted by atomic mass is 9.82. The maximum absolute atomic E-state index is 13.4. The summed E-state index contributed by atoms with van der Waals surface area (Å²) in [7, 11) is 1.59. The monoisotopic (exact) mass is 512 g/mol. The van der Waals surface area contributed by atoms with E-state index in [4.69, 9.17) is 19.0 Å². The maximum atomic E-state index is 13.4. The fourth-order valence-corrected chi connectivity index (χ4v) is 5.09. The lowest BCUT2D eigenvalue weighted by molar-refractivity contribution is -0.188. The normalized spacial score (nSPS) is 20.7. The summed E-state index contributed by atoms with van der Waals surface area (Å²) in [6, 6.07) is 12.4. The number of carboxylic acid groups (broad SMARTS) is 1. The predicted molar refractivity (Wildman–Crippen MR) is 137 cm³/mol. The van der Waals surface area contributed by atoms with Gasteiger partial charge in [0.25, 0.3) is 5.91 Å². The average Bonchev–Trinajstić information content (AvgIpc) is 3.53. The van der Waals surface area contributed by atoms with Crippen molar-refractivity contribution in [3.05, 3.63) is 53.6 Å². The third kappa shape index (κ3) is 5.99. The van der Waals surface area contributed by atoms with Crippen LogP contribution >= 0.6 is 0 Å². The number of hydroxylamine groups is 2. The van der Waals surface area contributed by atoms with Crippen molar-refractivity contribution in [2.45, 2.75) is 45.1 Å². The number of carboxylic acids is 1. The van der Waals surface area contributed by atoms with Crippen molar-refractivity contribution in [2.75, 3.05) is 40.1 Å². The number of hydrogen-bond acceptors (Lipinski definition) is 7. The van der Waals surface area contributed by atoms with Crippen LogP contribution in [-0.4, -0.2) is 67.1 Å². The fraction of sp³-hybridized carbons (Fsp3) is 0.500. The number of aliphatic carboxylic acids is 1. The highest BCUT2D eigenvalue weighted by Crippen LogP contribution is 2.47. The molecule has 2 aliphatic heterocycles. The molecule has 0 bridgehead atoms. The molecule has 0 spiro atoms. The van der Waals surface area contributed by atoms with Gasteiger partial charge in [0.05, 0.1) is 26.2 Å². The summed E-state index contributed by atoms with van der Waals surface area (Å²) in [5.41, 5.74) is 1.66. The Kier molecular flexibility index (Phi) is 8.89. The molecule has 0 radical (unpaired) electrons. The first-order valence-corrected chi connectivity index (χ1v) is 12.9. The molecule has 2 aromatic carbocycles. The number of benzene rings is 2. The largest absolute Gasteiger partial charge is 0.497 e. The van der Waals surface area contributed by atoms with Gasteiger partial charge in [0, 0.05) is 25.0 Å². The van der Waals surface area contributed by atoms with E-state index in [2.05, 4.69) is 6.92 Å². The molecule has 1 saturated heterocycles. The van der Waals surface area contributed by atoms with Gasteiger partial charge in [-0.15, -0.1) is 0 Å². The van der Waals surface area contributed by atoms with Crippen LogP contribution in [0.4, 0.5) is 0 Å².